The Balaban J connectivity index is 0.00000208. The summed E-state index contributed by atoms with van der Waals surface area (Å²) >= 11 is 0. The lowest BCUT2D eigenvalue weighted by molar-refractivity contribution is -0.664. The quantitative estimate of drug-likeness (QED) is 0.198. The number of halogens is 1. The van der Waals surface area contributed by atoms with E-state index < -0.39 is 4.92 Å². The number of aromatic nitrogens is 2. The van der Waals surface area contributed by atoms with Gasteiger partial charge >= 0.3 is 0 Å². The first-order valence-electron chi connectivity index (χ1n) is 7.01. The van der Waals surface area contributed by atoms with Gasteiger partial charge in [-0.05, 0) is 24.3 Å². The second-order valence-electron chi connectivity index (χ2n) is 5.22. The van der Waals surface area contributed by atoms with Crippen LogP contribution in [0.15, 0.2) is 48.5 Å². The molecule has 2 aromatic carbocycles. The van der Waals surface area contributed by atoms with Crippen molar-refractivity contribution in [1.29, 1.82) is 0 Å². The number of benzene rings is 2. The van der Waals surface area contributed by atoms with Gasteiger partial charge in [-0.1, -0.05) is 12.1 Å². The van der Waals surface area contributed by atoms with Crippen molar-refractivity contribution in [1.82, 2.24) is 4.68 Å². The fourth-order valence-electron chi connectivity index (χ4n) is 2.58. The topological polar surface area (TPSA) is 95.0 Å². The Kier molecular flexibility index (Phi) is 4.99. The third kappa shape index (κ3) is 3.00. The molecule has 3 aromatic rings. The zero-order valence-corrected chi connectivity index (χ0v) is 14.4. The number of imidazole rings is 1. The van der Waals surface area contributed by atoms with Crippen LogP contribution < -0.4 is 27.4 Å². The van der Waals surface area contributed by atoms with Crippen LogP contribution in [-0.4, -0.2) is 15.4 Å². The molecule has 2 N–H and O–H groups in total. The molecule has 124 valence electrons. The predicted molar refractivity (Wildman–Crippen MR) is 84.4 cm³/mol. The molecule has 0 bridgehead atoms. The maximum absolute atomic E-state index is 12.5. The fraction of sp³-hybridized carbons (Fsp3) is 0.125. The lowest BCUT2D eigenvalue weighted by Crippen LogP contribution is -3.00. The zero-order valence-electron chi connectivity index (χ0n) is 12.8. The van der Waals surface area contributed by atoms with Crippen molar-refractivity contribution in [3.63, 3.8) is 0 Å². The molecule has 0 radical (unpaired) electrons. The molecule has 0 saturated carbocycles. The Bertz CT molecular complexity index is 919. The van der Waals surface area contributed by atoms with E-state index in [1.54, 1.807) is 4.68 Å². The van der Waals surface area contributed by atoms with Gasteiger partial charge in [-0.3, -0.25) is 20.8 Å². The number of carbonyl (C=O) groups is 1. The number of rotatable bonds is 4. The summed E-state index contributed by atoms with van der Waals surface area (Å²) in [5.41, 5.74) is 2.09. The van der Waals surface area contributed by atoms with Crippen molar-refractivity contribution in [2.45, 2.75) is 13.5 Å². The first kappa shape index (κ1) is 17.6. The highest BCUT2D eigenvalue weighted by molar-refractivity contribution is 5.95. The number of nitrogens with two attached hydrogens (primary N) is 1. The standard InChI is InChI=1S/C16H15N4O3.BrH/c1-11-18(14-4-2-3-5-15(14)19(11)17)10-16(21)12-6-8-13(9-7-12)20(22)23;/h2-9H,10,17H2,1H3;1H/q+1;/p-1. The van der Waals surface area contributed by atoms with E-state index in [0.717, 1.165) is 16.9 Å². The van der Waals surface area contributed by atoms with Gasteiger partial charge in [0, 0.05) is 24.6 Å². The van der Waals surface area contributed by atoms with Gasteiger partial charge in [-0.2, -0.15) is 0 Å². The van der Waals surface area contributed by atoms with Gasteiger partial charge in [0.15, 0.2) is 17.6 Å². The summed E-state index contributed by atoms with van der Waals surface area (Å²) < 4.78 is 3.37. The normalized spacial score (nSPS) is 10.4. The van der Waals surface area contributed by atoms with Crippen LogP contribution in [0.25, 0.3) is 11.0 Å². The molecule has 0 spiro atoms. The maximum atomic E-state index is 12.5. The molecule has 0 saturated heterocycles. The molecular weight excluding hydrogens is 376 g/mol. The number of hydrogen-bond acceptors (Lipinski definition) is 4. The minimum absolute atomic E-state index is 0. The number of ketones is 1. The van der Waals surface area contributed by atoms with Crippen molar-refractivity contribution in [2.75, 3.05) is 5.84 Å². The highest BCUT2D eigenvalue weighted by atomic mass is 79.9. The molecule has 3 rings (SSSR count). The molecule has 1 aromatic heterocycles. The summed E-state index contributed by atoms with van der Waals surface area (Å²) in [7, 11) is 0. The minimum Gasteiger partial charge on any atom is -1.00 e. The number of nitrogens with zero attached hydrogens (tertiary/aromatic N) is 3. The summed E-state index contributed by atoms with van der Waals surface area (Å²) in [6.07, 6.45) is 0. The van der Waals surface area contributed by atoms with Gasteiger partial charge in [-0.15, -0.1) is 4.68 Å². The summed E-state index contributed by atoms with van der Waals surface area (Å²) in [6, 6.07) is 13.1. The Hall–Kier alpha value is -2.74. The van der Waals surface area contributed by atoms with Crippen molar-refractivity contribution >= 4 is 22.5 Å². The molecular formula is C16H15BrN4O3. The lowest BCUT2D eigenvalue weighted by Gasteiger charge is -2.01. The van der Waals surface area contributed by atoms with E-state index >= 15 is 0 Å². The van der Waals surface area contributed by atoms with Crippen molar-refractivity contribution in [3.8, 4) is 0 Å². The number of carbonyl (C=O) groups excluding carboxylic acids is 1. The number of nitro groups is 1. The third-order valence-corrected chi connectivity index (χ3v) is 3.87. The number of nitro benzene ring substituents is 1. The van der Waals surface area contributed by atoms with Crippen LogP contribution in [0, 0.1) is 17.0 Å². The van der Waals surface area contributed by atoms with E-state index in [0.29, 0.717) is 5.56 Å². The molecule has 0 aliphatic rings. The van der Waals surface area contributed by atoms with E-state index in [1.165, 1.54) is 24.3 Å². The fourth-order valence-corrected chi connectivity index (χ4v) is 2.58. The van der Waals surface area contributed by atoms with Crippen LogP contribution in [0.5, 0.6) is 0 Å². The van der Waals surface area contributed by atoms with Gasteiger partial charge in [-0.25, -0.2) is 4.57 Å². The molecule has 24 heavy (non-hydrogen) atoms. The number of para-hydroxylation sites is 2. The SMILES string of the molecule is Cc1n(N)c2ccccc2[n+]1CC(=O)c1ccc([N+](=O)[O-])cc1.[Br-]. The molecule has 0 atom stereocenters. The van der Waals surface area contributed by atoms with E-state index in [1.807, 2.05) is 35.8 Å². The van der Waals surface area contributed by atoms with Crippen molar-refractivity contribution in [2.24, 2.45) is 0 Å². The maximum Gasteiger partial charge on any atom is 0.277 e. The second kappa shape index (κ2) is 6.79. The molecule has 0 fully saturated rings. The monoisotopic (exact) mass is 390 g/mol. The summed E-state index contributed by atoms with van der Waals surface area (Å²) in [5.74, 6) is 6.63. The number of non-ortho nitro benzene ring substituents is 1. The minimum atomic E-state index is -0.491. The lowest BCUT2D eigenvalue weighted by atomic mass is 10.1. The van der Waals surface area contributed by atoms with Gasteiger partial charge < -0.3 is 17.0 Å². The molecule has 0 amide bonds. The van der Waals surface area contributed by atoms with Gasteiger partial charge in [0.2, 0.25) is 5.78 Å². The molecule has 1 heterocycles. The zero-order chi connectivity index (χ0) is 16.6. The van der Waals surface area contributed by atoms with Crippen LogP contribution in [0.1, 0.15) is 16.2 Å². The van der Waals surface area contributed by atoms with Crippen LogP contribution in [0.4, 0.5) is 5.69 Å². The van der Waals surface area contributed by atoms with Crippen LogP contribution in [0.2, 0.25) is 0 Å². The highest BCUT2D eigenvalue weighted by Crippen LogP contribution is 2.14. The van der Waals surface area contributed by atoms with Crippen molar-refractivity contribution in [3.05, 3.63) is 70.0 Å². The smallest absolute Gasteiger partial charge is 0.277 e. The number of Topliss-reactive ketones (excluding diaryl/α,β-unsaturated/α-hetero) is 1. The average Bonchev–Trinajstić information content (AvgIpc) is 2.80. The van der Waals surface area contributed by atoms with E-state index in [9.17, 15) is 14.9 Å². The summed E-state index contributed by atoms with van der Waals surface area (Å²) in [4.78, 5) is 22.6. The predicted octanol–water partition coefficient (Wildman–Crippen LogP) is -1.25. The van der Waals surface area contributed by atoms with Gasteiger partial charge in [0.25, 0.3) is 11.5 Å². The highest BCUT2D eigenvalue weighted by Gasteiger charge is 2.22. The molecule has 7 nitrogen and oxygen atoms in total. The first-order chi connectivity index (χ1) is 11.0. The number of fused-ring (bicyclic) bond motifs is 1. The summed E-state index contributed by atoms with van der Waals surface area (Å²) in [6.45, 7) is 1.96. The molecule has 0 aliphatic carbocycles. The van der Waals surface area contributed by atoms with Crippen LogP contribution >= 0.6 is 0 Å². The largest absolute Gasteiger partial charge is 1.00 e. The third-order valence-electron chi connectivity index (χ3n) is 3.87. The molecule has 0 unspecified atom stereocenters. The summed E-state index contributed by atoms with van der Waals surface area (Å²) in [5, 5.41) is 10.7. The Morgan fingerprint density at radius 2 is 1.83 bits per heavy atom. The van der Waals surface area contributed by atoms with E-state index in [2.05, 4.69) is 0 Å². The van der Waals surface area contributed by atoms with E-state index in [4.69, 9.17) is 5.84 Å². The first-order valence-corrected chi connectivity index (χ1v) is 7.01. The second-order valence-corrected chi connectivity index (χ2v) is 5.22. The van der Waals surface area contributed by atoms with E-state index in [-0.39, 0.29) is 35.0 Å². The van der Waals surface area contributed by atoms with Gasteiger partial charge in [0.05, 0.1) is 4.92 Å². The average molecular weight is 391 g/mol. The Morgan fingerprint density at radius 3 is 2.46 bits per heavy atom. The molecule has 8 heteroatoms. The number of hydrogen-bond donors (Lipinski definition) is 1. The van der Waals surface area contributed by atoms with Gasteiger partial charge in [0.1, 0.15) is 0 Å². The Labute approximate surface area is 148 Å². The Morgan fingerprint density at radius 1 is 1.21 bits per heavy atom. The molecule has 0 aliphatic heterocycles. The van der Waals surface area contributed by atoms with Crippen LogP contribution in [0.3, 0.4) is 0 Å². The number of nitrogen functional groups attached to an aromatic ring is 1. The van der Waals surface area contributed by atoms with Crippen LogP contribution in [-0.2, 0) is 6.54 Å². The van der Waals surface area contributed by atoms with Crippen molar-refractivity contribution < 1.29 is 31.3 Å².